The number of nitrogens with zero attached hydrogens (tertiary/aromatic N) is 1. The first kappa shape index (κ1) is 14.7. The highest BCUT2D eigenvalue weighted by Crippen LogP contribution is 2.47. The van der Waals surface area contributed by atoms with E-state index in [0.717, 1.165) is 11.1 Å². The van der Waals surface area contributed by atoms with E-state index in [1.807, 2.05) is 25.1 Å². The molecule has 2 N–H and O–H groups in total. The van der Waals surface area contributed by atoms with Gasteiger partial charge < -0.3 is 5.73 Å². The fraction of sp³-hybridized carbons (Fsp3) is 0.188. The van der Waals surface area contributed by atoms with Crippen molar-refractivity contribution in [2.45, 2.75) is 23.9 Å². The van der Waals surface area contributed by atoms with Gasteiger partial charge in [-0.3, -0.25) is 4.79 Å². The van der Waals surface area contributed by atoms with E-state index in [2.05, 4.69) is 0 Å². The molecule has 1 heterocycles. The van der Waals surface area contributed by atoms with Gasteiger partial charge in [0.15, 0.2) is 0 Å². The number of primary amides is 1. The van der Waals surface area contributed by atoms with Gasteiger partial charge in [0.05, 0.1) is 10.9 Å². The number of carbonyl (C=O) groups is 1. The predicted octanol–water partition coefficient (Wildman–Crippen LogP) is 1.59. The molecular formula is C16H16N2O3S. The van der Waals surface area contributed by atoms with Gasteiger partial charge in [0.25, 0.3) is 0 Å². The summed E-state index contributed by atoms with van der Waals surface area (Å²) in [7, 11) is -3.74. The number of sulfonamides is 1. The van der Waals surface area contributed by atoms with Crippen molar-refractivity contribution in [1.29, 1.82) is 0 Å². The van der Waals surface area contributed by atoms with E-state index in [1.165, 1.54) is 4.31 Å². The Balaban J connectivity index is 1.99. The lowest BCUT2D eigenvalue weighted by molar-refractivity contribution is -0.118. The summed E-state index contributed by atoms with van der Waals surface area (Å²) < 4.78 is 26.6. The summed E-state index contributed by atoms with van der Waals surface area (Å²) in [6.45, 7) is 1.88. The van der Waals surface area contributed by atoms with Gasteiger partial charge in [0, 0.05) is 0 Å². The van der Waals surface area contributed by atoms with Crippen LogP contribution in [0.2, 0.25) is 0 Å². The van der Waals surface area contributed by atoms with Crippen LogP contribution in [0.15, 0.2) is 59.5 Å². The van der Waals surface area contributed by atoms with E-state index >= 15 is 0 Å². The van der Waals surface area contributed by atoms with Gasteiger partial charge in [-0.15, -0.1) is 0 Å². The maximum atomic E-state index is 12.7. The maximum absolute atomic E-state index is 12.7. The highest BCUT2D eigenvalue weighted by molar-refractivity contribution is 7.89. The van der Waals surface area contributed by atoms with Crippen molar-refractivity contribution in [2.75, 3.05) is 0 Å². The molecule has 22 heavy (non-hydrogen) atoms. The molecule has 1 fully saturated rings. The lowest BCUT2D eigenvalue weighted by Gasteiger charge is -2.07. The minimum atomic E-state index is -3.74. The van der Waals surface area contributed by atoms with E-state index in [-0.39, 0.29) is 4.90 Å². The summed E-state index contributed by atoms with van der Waals surface area (Å²) in [5.74, 6) is -0.635. The number of rotatable bonds is 4. The van der Waals surface area contributed by atoms with Crippen molar-refractivity contribution >= 4 is 15.9 Å². The molecule has 1 amide bonds. The van der Waals surface area contributed by atoms with Gasteiger partial charge >= 0.3 is 0 Å². The molecule has 0 aliphatic carbocycles. The van der Waals surface area contributed by atoms with Crippen LogP contribution in [-0.2, 0) is 14.8 Å². The number of hydrogen-bond donors (Lipinski definition) is 1. The number of benzene rings is 2. The van der Waals surface area contributed by atoms with Gasteiger partial charge in [-0.2, -0.15) is 4.31 Å². The van der Waals surface area contributed by atoms with Crippen molar-refractivity contribution in [2.24, 2.45) is 5.73 Å². The monoisotopic (exact) mass is 316 g/mol. The molecule has 5 nitrogen and oxygen atoms in total. The second kappa shape index (κ2) is 5.23. The maximum Gasteiger partial charge on any atom is 0.244 e. The first-order valence-corrected chi connectivity index (χ1v) is 8.31. The van der Waals surface area contributed by atoms with E-state index in [9.17, 15) is 13.2 Å². The van der Waals surface area contributed by atoms with Crippen LogP contribution < -0.4 is 5.73 Å². The zero-order valence-electron chi connectivity index (χ0n) is 12.0. The van der Waals surface area contributed by atoms with Crippen LogP contribution >= 0.6 is 0 Å². The highest BCUT2D eigenvalue weighted by atomic mass is 32.2. The Morgan fingerprint density at radius 1 is 1.05 bits per heavy atom. The third-order valence-electron chi connectivity index (χ3n) is 3.79. The van der Waals surface area contributed by atoms with Gasteiger partial charge in [-0.05, 0) is 24.6 Å². The summed E-state index contributed by atoms with van der Waals surface area (Å²) in [5, 5.41) is 0. The lowest BCUT2D eigenvalue weighted by atomic mass is 10.1. The average Bonchev–Trinajstić information content (AvgIpc) is 3.25. The van der Waals surface area contributed by atoms with Gasteiger partial charge in [-0.1, -0.05) is 48.0 Å². The Morgan fingerprint density at radius 2 is 1.64 bits per heavy atom. The molecule has 0 saturated carbocycles. The van der Waals surface area contributed by atoms with E-state index in [4.69, 9.17) is 5.73 Å². The number of nitrogens with two attached hydrogens (primary N) is 1. The third kappa shape index (κ3) is 2.40. The minimum Gasteiger partial charge on any atom is -0.368 e. The molecule has 0 spiro atoms. The van der Waals surface area contributed by atoms with Crippen LogP contribution in [-0.4, -0.2) is 24.7 Å². The Bertz CT molecular complexity index is 801. The van der Waals surface area contributed by atoms with Gasteiger partial charge in [0.1, 0.15) is 6.04 Å². The molecule has 1 saturated heterocycles. The molecule has 1 unspecified atom stereocenters. The second-order valence-corrected chi connectivity index (χ2v) is 7.19. The first-order chi connectivity index (χ1) is 10.4. The minimum absolute atomic E-state index is 0.169. The van der Waals surface area contributed by atoms with E-state index < -0.39 is 28.0 Å². The number of carbonyl (C=O) groups excluding carboxylic acids is 1. The lowest BCUT2D eigenvalue weighted by Crippen LogP contribution is -2.24. The Labute approximate surface area is 129 Å². The molecule has 2 aromatic rings. The largest absolute Gasteiger partial charge is 0.368 e. The second-order valence-electron chi connectivity index (χ2n) is 5.35. The van der Waals surface area contributed by atoms with Crippen LogP contribution in [0.25, 0.3) is 0 Å². The van der Waals surface area contributed by atoms with Crippen LogP contribution in [0.3, 0.4) is 0 Å². The van der Waals surface area contributed by atoms with Crippen LogP contribution in [0.4, 0.5) is 0 Å². The highest BCUT2D eigenvalue weighted by Gasteiger charge is 2.59. The Hall–Kier alpha value is -2.18. The fourth-order valence-corrected chi connectivity index (χ4v) is 4.33. The average molecular weight is 316 g/mol. The molecule has 0 radical (unpaired) electrons. The molecule has 2 aromatic carbocycles. The molecule has 0 bridgehead atoms. The summed E-state index contributed by atoms with van der Waals surface area (Å²) >= 11 is 0. The van der Waals surface area contributed by atoms with Crippen molar-refractivity contribution < 1.29 is 13.2 Å². The topological polar surface area (TPSA) is 80.2 Å². The molecule has 0 aromatic heterocycles. The first-order valence-electron chi connectivity index (χ1n) is 6.87. The summed E-state index contributed by atoms with van der Waals surface area (Å²) in [4.78, 5) is 11.8. The standard InChI is InChI=1S/C16H16N2O3S/c1-11-7-9-13(10-8-11)22(20,21)18-14(15(18)16(17)19)12-5-3-2-4-6-12/h2-10,14-15H,1H3,(H2,17,19)/t14-,15+,18?/m1/s1. The Morgan fingerprint density at radius 3 is 2.18 bits per heavy atom. The summed E-state index contributed by atoms with van der Waals surface area (Å²) in [5.41, 5.74) is 7.10. The van der Waals surface area contributed by atoms with Crippen molar-refractivity contribution in [3.8, 4) is 0 Å². The molecule has 6 heteroatoms. The fourth-order valence-electron chi connectivity index (χ4n) is 2.60. The van der Waals surface area contributed by atoms with Crippen molar-refractivity contribution in [3.05, 3.63) is 65.7 Å². The van der Waals surface area contributed by atoms with Crippen LogP contribution in [0.1, 0.15) is 17.2 Å². The molecule has 1 aliphatic heterocycles. The molecule has 3 rings (SSSR count). The van der Waals surface area contributed by atoms with E-state index in [1.54, 1.807) is 36.4 Å². The van der Waals surface area contributed by atoms with Crippen LogP contribution in [0.5, 0.6) is 0 Å². The van der Waals surface area contributed by atoms with Gasteiger partial charge in [0.2, 0.25) is 15.9 Å². The third-order valence-corrected chi connectivity index (χ3v) is 5.66. The van der Waals surface area contributed by atoms with Crippen molar-refractivity contribution in [3.63, 3.8) is 0 Å². The molecule has 114 valence electrons. The zero-order valence-corrected chi connectivity index (χ0v) is 12.8. The zero-order chi connectivity index (χ0) is 15.9. The number of hydrogen-bond acceptors (Lipinski definition) is 3. The predicted molar refractivity (Wildman–Crippen MR) is 82.4 cm³/mol. The van der Waals surface area contributed by atoms with Gasteiger partial charge in [-0.25, -0.2) is 8.42 Å². The SMILES string of the molecule is Cc1ccc(S(=O)(=O)N2[C@H](C(N)=O)[C@H]2c2ccccc2)cc1. The number of amides is 1. The summed E-state index contributed by atoms with van der Waals surface area (Å²) in [6.07, 6.45) is 0. The van der Waals surface area contributed by atoms with Crippen LogP contribution in [0, 0.1) is 6.92 Å². The summed E-state index contributed by atoms with van der Waals surface area (Å²) in [6, 6.07) is 14.2. The molecule has 3 atom stereocenters. The quantitative estimate of drug-likeness (QED) is 0.870. The molecular weight excluding hydrogens is 300 g/mol. The number of aryl methyl sites for hydroxylation is 1. The van der Waals surface area contributed by atoms with E-state index in [0.29, 0.717) is 0 Å². The molecule has 1 aliphatic rings. The normalized spacial score (nSPS) is 24.0. The smallest absolute Gasteiger partial charge is 0.244 e. The van der Waals surface area contributed by atoms with Crippen molar-refractivity contribution in [1.82, 2.24) is 4.31 Å². The Kier molecular flexibility index (Phi) is 3.50.